The van der Waals surface area contributed by atoms with Crippen molar-refractivity contribution in [2.75, 3.05) is 20.2 Å². The molecular formula is C12H17NO4S. The van der Waals surface area contributed by atoms with Gasteiger partial charge in [-0.25, -0.2) is 8.42 Å². The Kier molecular flexibility index (Phi) is 4.86. The number of aldehydes is 1. The number of methoxy groups -OCH3 is 1. The standard InChI is InChI=1S/C12H17NO4S/c1-4-13(5-2)18(15,16)11-6-7-12(17-3)10(8-11)9-14/h6-9H,4-5H2,1-3H3. The van der Waals surface area contributed by atoms with Crippen molar-refractivity contribution in [1.82, 2.24) is 4.31 Å². The van der Waals surface area contributed by atoms with Crippen LogP contribution < -0.4 is 4.74 Å². The number of hydrogen-bond acceptors (Lipinski definition) is 4. The van der Waals surface area contributed by atoms with Crippen molar-refractivity contribution in [3.8, 4) is 5.75 Å². The van der Waals surface area contributed by atoms with Crippen molar-refractivity contribution in [2.45, 2.75) is 18.7 Å². The predicted molar refractivity (Wildman–Crippen MR) is 68.5 cm³/mol. The molecule has 0 aliphatic heterocycles. The molecule has 0 aliphatic carbocycles. The fourth-order valence-corrected chi connectivity index (χ4v) is 3.17. The van der Waals surface area contributed by atoms with Gasteiger partial charge in [-0.15, -0.1) is 0 Å². The molecular weight excluding hydrogens is 254 g/mol. The van der Waals surface area contributed by atoms with Crippen LogP contribution in [0.15, 0.2) is 23.1 Å². The maximum Gasteiger partial charge on any atom is 0.243 e. The summed E-state index contributed by atoms with van der Waals surface area (Å²) in [6, 6.07) is 4.26. The minimum Gasteiger partial charge on any atom is -0.496 e. The number of ether oxygens (including phenoxy) is 1. The molecule has 0 heterocycles. The summed E-state index contributed by atoms with van der Waals surface area (Å²) in [5.74, 6) is 0.364. The molecule has 1 rings (SSSR count). The third kappa shape index (κ3) is 2.70. The lowest BCUT2D eigenvalue weighted by molar-refractivity contribution is 0.112. The molecule has 0 N–H and O–H groups in total. The van der Waals surface area contributed by atoms with Gasteiger partial charge in [0, 0.05) is 13.1 Å². The summed E-state index contributed by atoms with van der Waals surface area (Å²) >= 11 is 0. The van der Waals surface area contributed by atoms with Gasteiger partial charge in [-0.2, -0.15) is 4.31 Å². The van der Waals surface area contributed by atoms with Crippen molar-refractivity contribution < 1.29 is 17.9 Å². The minimum atomic E-state index is -3.54. The average molecular weight is 271 g/mol. The number of hydrogen-bond donors (Lipinski definition) is 0. The highest BCUT2D eigenvalue weighted by Gasteiger charge is 2.22. The summed E-state index contributed by atoms with van der Waals surface area (Å²) < 4.78 is 30.8. The van der Waals surface area contributed by atoms with Crippen molar-refractivity contribution in [3.05, 3.63) is 23.8 Å². The molecule has 18 heavy (non-hydrogen) atoms. The second-order valence-electron chi connectivity index (χ2n) is 3.61. The maximum atomic E-state index is 12.2. The Morgan fingerprint density at radius 1 is 1.28 bits per heavy atom. The Hall–Kier alpha value is -1.40. The van der Waals surface area contributed by atoms with Gasteiger partial charge < -0.3 is 4.74 Å². The summed E-state index contributed by atoms with van der Waals surface area (Å²) in [5.41, 5.74) is 0.228. The van der Waals surface area contributed by atoms with Gasteiger partial charge in [0.2, 0.25) is 10.0 Å². The van der Waals surface area contributed by atoms with Gasteiger partial charge in [0.15, 0.2) is 6.29 Å². The number of nitrogens with zero attached hydrogens (tertiary/aromatic N) is 1. The van der Waals surface area contributed by atoms with Gasteiger partial charge >= 0.3 is 0 Å². The zero-order chi connectivity index (χ0) is 13.8. The fraction of sp³-hybridized carbons (Fsp3) is 0.417. The van der Waals surface area contributed by atoms with Gasteiger partial charge in [0.05, 0.1) is 17.6 Å². The number of carbonyl (C=O) groups is 1. The van der Waals surface area contributed by atoms with Crippen molar-refractivity contribution in [2.24, 2.45) is 0 Å². The molecule has 0 aromatic heterocycles. The normalized spacial score (nSPS) is 11.6. The van der Waals surface area contributed by atoms with Gasteiger partial charge in [0.1, 0.15) is 5.75 Å². The zero-order valence-corrected chi connectivity index (χ0v) is 11.5. The Morgan fingerprint density at radius 2 is 1.89 bits per heavy atom. The second kappa shape index (κ2) is 5.97. The number of benzene rings is 1. The number of carbonyl (C=O) groups excluding carboxylic acids is 1. The van der Waals surface area contributed by atoms with E-state index in [4.69, 9.17) is 4.74 Å². The van der Waals surface area contributed by atoms with Crippen LogP contribution in [-0.2, 0) is 10.0 Å². The van der Waals surface area contributed by atoms with Crippen LogP contribution in [0, 0.1) is 0 Å². The molecule has 0 fully saturated rings. The lowest BCUT2D eigenvalue weighted by Gasteiger charge is -2.18. The van der Waals surface area contributed by atoms with Gasteiger partial charge in [-0.05, 0) is 18.2 Å². The van der Waals surface area contributed by atoms with Crippen molar-refractivity contribution >= 4 is 16.3 Å². The molecule has 1 aromatic carbocycles. The predicted octanol–water partition coefficient (Wildman–Crippen LogP) is 1.54. The van der Waals surface area contributed by atoms with Gasteiger partial charge in [0.25, 0.3) is 0 Å². The molecule has 0 bridgehead atoms. The summed E-state index contributed by atoms with van der Waals surface area (Å²) in [6.45, 7) is 4.32. The first-order chi connectivity index (χ1) is 8.51. The SMILES string of the molecule is CCN(CC)S(=O)(=O)c1ccc(OC)c(C=O)c1. The summed E-state index contributed by atoms with van der Waals surface area (Å²) in [6.07, 6.45) is 0.583. The van der Waals surface area contributed by atoms with Crippen molar-refractivity contribution in [1.29, 1.82) is 0 Å². The fourth-order valence-electron chi connectivity index (χ4n) is 1.68. The third-order valence-electron chi connectivity index (χ3n) is 2.67. The molecule has 0 spiro atoms. The van der Waals surface area contributed by atoms with E-state index < -0.39 is 10.0 Å². The Balaban J connectivity index is 3.30. The van der Waals surface area contributed by atoms with E-state index >= 15 is 0 Å². The highest BCUT2D eigenvalue weighted by Crippen LogP contribution is 2.23. The van der Waals surface area contributed by atoms with Crippen LogP contribution in [0.1, 0.15) is 24.2 Å². The first kappa shape index (κ1) is 14.7. The summed E-state index contributed by atoms with van der Waals surface area (Å²) in [7, 11) is -2.11. The highest BCUT2D eigenvalue weighted by atomic mass is 32.2. The molecule has 0 unspecified atom stereocenters. The van der Waals surface area contributed by atoms with Crippen LogP contribution in [0.3, 0.4) is 0 Å². The molecule has 0 saturated carbocycles. The van der Waals surface area contributed by atoms with Crippen LogP contribution in [0.25, 0.3) is 0 Å². The van der Waals surface area contributed by atoms with Crippen LogP contribution in [0.5, 0.6) is 5.75 Å². The van der Waals surface area contributed by atoms with E-state index in [1.165, 1.54) is 29.6 Å². The van der Waals surface area contributed by atoms with E-state index in [2.05, 4.69) is 0 Å². The molecule has 0 atom stereocenters. The van der Waals surface area contributed by atoms with Gasteiger partial charge in [-0.3, -0.25) is 4.79 Å². The Labute approximate surface area is 107 Å². The van der Waals surface area contributed by atoms with E-state index in [0.29, 0.717) is 25.1 Å². The molecule has 0 radical (unpaired) electrons. The number of sulfonamides is 1. The Morgan fingerprint density at radius 3 is 2.33 bits per heavy atom. The summed E-state index contributed by atoms with van der Waals surface area (Å²) in [4.78, 5) is 11.0. The lowest BCUT2D eigenvalue weighted by Crippen LogP contribution is -2.30. The largest absolute Gasteiger partial charge is 0.496 e. The molecule has 0 aliphatic rings. The zero-order valence-electron chi connectivity index (χ0n) is 10.7. The minimum absolute atomic E-state index is 0.106. The molecule has 100 valence electrons. The van der Waals surface area contributed by atoms with E-state index in [0.717, 1.165) is 0 Å². The first-order valence-electron chi connectivity index (χ1n) is 5.64. The van der Waals surface area contributed by atoms with Crippen LogP contribution in [0.2, 0.25) is 0 Å². The van der Waals surface area contributed by atoms with E-state index in [1.54, 1.807) is 13.8 Å². The van der Waals surface area contributed by atoms with Crippen LogP contribution in [-0.4, -0.2) is 39.2 Å². The average Bonchev–Trinajstić information content (AvgIpc) is 2.38. The quantitative estimate of drug-likeness (QED) is 0.736. The first-order valence-corrected chi connectivity index (χ1v) is 7.08. The lowest BCUT2D eigenvalue weighted by atomic mass is 10.2. The van der Waals surface area contributed by atoms with Crippen molar-refractivity contribution in [3.63, 3.8) is 0 Å². The van der Waals surface area contributed by atoms with E-state index in [-0.39, 0.29) is 10.5 Å². The molecule has 5 nitrogen and oxygen atoms in total. The topological polar surface area (TPSA) is 63.7 Å². The molecule has 1 aromatic rings. The summed E-state index contributed by atoms with van der Waals surface area (Å²) in [5, 5.41) is 0. The maximum absolute atomic E-state index is 12.2. The molecule has 0 amide bonds. The van der Waals surface area contributed by atoms with Crippen LogP contribution >= 0.6 is 0 Å². The van der Waals surface area contributed by atoms with E-state index in [1.807, 2.05) is 0 Å². The molecule has 0 saturated heterocycles. The molecule has 6 heteroatoms. The van der Waals surface area contributed by atoms with Gasteiger partial charge in [-0.1, -0.05) is 13.8 Å². The smallest absolute Gasteiger partial charge is 0.243 e. The van der Waals surface area contributed by atoms with E-state index in [9.17, 15) is 13.2 Å². The monoisotopic (exact) mass is 271 g/mol. The van der Waals surface area contributed by atoms with Crippen LogP contribution in [0.4, 0.5) is 0 Å². The number of rotatable bonds is 6. The third-order valence-corrected chi connectivity index (χ3v) is 4.72. The second-order valence-corrected chi connectivity index (χ2v) is 5.55. The Bertz CT molecular complexity index is 521. The highest BCUT2D eigenvalue weighted by molar-refractivity contribution is 7.89.